The molecular weight excluding hydrogens is 597 g/mol. The van der Waals surface area contributed by atoms with E-state index in [1.807, 2.05) is 0 Å². The van der Waals surface area contributed by atoms with Crippen molar-refractivity contribution < 1.29 is 74.5 Å². The van der Waals surface area contributed by atoms with Gasteiger partial charge >= 0.3 is 29.6 Å². The van der Waals surface area contributed by atoms with Crippen molar-refractivity contribution in [3.05, 3.63) is 54.0 Å². The Kier molecular flexibility index (Phi) is 17.0. The number of ketones is 1. The number of ether oxygens (including phenoxy) is 2. The van der Waals surface area contributed by atoms with E-state index in [9.17, 15) is 25.2 Å². The predicted molar refractivity (Wildman–Crippen MR) is 160 cm³/mol. The van der Waals surface area contributed by atoms with Gasteiger partial charge in [0, 0.05) is 63.3 Å². The summed E-state index contributed by atoms with van der Waals surface area (Å²) in [5.74, 6) is 0.694. The first-order valence-corrected chi connectivity index (χ1v) is 14.5. The van der Waals surface area contributed by atoms with Crippen LogP contribution < -0.4 is 44.9 Å². The van der Waals surface area contributed by atoms with E-state index >= 15 is 0 Å². The van der Waals surface area contributed by atoms with Crippen LogP contribution in [0.3, 0.4) is 0 Å². The van der Waals surface area contributed by atoms with Crippen molar-refractivity contribution in [2.24, 2.45) is 13.0 Å². The fourth-order valence-electron chi connectivity index (χ4n) is 5.39. The SMILES string of the molecule is CO.C[O-].Cn1cc(CNCC2CCN(c3ncc(C(=O)CO[C@@H]4O[C@H](CO)[C@H](O)[C@H](O)[C@H]4O)cn3)CC2)c2ccccc21.[Na+]. The minimum absolute atomic E-state index is 0. The minimum atomic E-state index is -1.57. The van der Waals surface area contributed by atoms with Gasteiger partial charge in [-0.05, 0) is 36.9 Å². The number of hydrogen-bond acceptors (Lipinski definition) is 13. The summed E-state index contributed by atoms with van der Waals surface area (Å²) in [5, 5.41) is 59.2. The van der Waals surface area contributed by atoms with Crippen LogP contribution in [-0.4, -0.2) is 124 Å². The molecular formula is C30H44N5NaO9. The van der Waals surface area contributed by atoms with Gasteiger partial charge < -0.3 is 54.9 Å². The zero-order valence-electron chi connectivity index (χ0n) is 26.3. The van der Waals surface area contributed by atoms with Crippen LogP contribution >= 0.6 is 0 Å². The minimum Gasteiger partial charge on any atom is -0.857 e. The number of carbonyl (C=O) groups is 1. The number of benzene rings is 1. The first-order chi connectivity index (χ1) is 21.4. The number of hydrogen-bond donors (Lipinski definition) is 6. The number of fused-ring (bicyclic) bond motifs is 1. The smallest absolute Gasteiger partial charge is 0.857 e. The molecule has 3 aromatic rings. The number of aliphatic hydroxyl groups is 5. The molecule has 5 atom stereocenters. The first kappa shape index (κ1) is 39.1. The summed E-state index contributed by atoms with van der Waals surface area (Å²) in [6.45, 7) is 2.40. The van der Waals surface area contributed by atoms with Crippen molar-refractivity contribution in [2.45, 2.75) is 50.1 Å². The summed E-state index contributed by atoms with van der Waals surface area (Å²) in [6, 6.07) is 8.43. The Bertz CT molecular complexity index is 1290. The molecule has 2 fully saturated rings. The summed E-state index contributed by atoms with van der Waals surface area (Å²) in [7, 11) is 3.82. The number of anilines is 1. The number of aromatic nitrogens is 3. The first-order valence-electron chi connectivity index (χ1n) is 14.5. The van der Waals surface area contributed by atoms with Crippen molar-refractivity contribution >= 4 is 22.6 Å². The Balaban J connectivity index is 0.00000136. The summed E-state index contributed by atoms with van der Waals surface area (Å²) in [5.41, 5.74) is 2.78. The van der Waals surface area contributed by atoms with E-state index in [1.54, 1.807) is 0 Å². The molecule has 2 saturated heterocycles. The maximum Gasteiger partial charge on any atom is 1.00 e. The maximum atomic E-state index is 12.6. The molecule has 45 heavy (non-hydrogen) atoms. The summed E-state index contributed by atoms with van der Waals surface area (Å²) in [6.07, 6.45) is -0.0101. The second-order valence-electron chi connectivity index (χ2n) is 10.5. The molecule has 6 N–H and O–H groups in total. The van der Waals surface area contributed by atoms with Crippen LogP contribution in [0.4, 0.5) is 5.95 Å². The zero-order valence-corrected chi connectivity index (χ0v) is 28.3. The zero-order chi connectivity index (χ0) is 32.2. The number of para-hydroxylation sites is 1. The average Bonchev–Trinajstić information content (AvgIpc) is 3.40. The molecule has 0 amide bonds. The molecule has 0 bridgehead atoms. The number of aliphatic hydroxyl groups excluding tert-OH is 5. The largest absolute Gasteiger partial charge is 1.00 e. The van der Waals surface area contributed by atoms with Crippen LogP contribution in [0.1, 0.15) is 28.8 Å². The van der Waals surface area contributed by atoms with Gasteiger partial charge in [0.25, 0.3) is 0 Å². The van der Waals surface area contributed by atoms with Crippen LogP contribution in [0, 0.1) is 5.92 Å². The fraction of sp³-hybridized carbons (Fsp3) is 0.567. The molecule has 244 valence electrons. The quantitative estimate of drug-likeness (QED) is 0.0915. The number of rotatable bonds is 10. The molecule has 0 unspecified atom stereocenters. The summed E-state index contributed by atoms with van der Waals surface area (Å²) >= 11 is 0. The third-order valence-corrected chi connectivity index (χ3v) is 7.81. The Labute approximate surface area is 284 Å². The maximum absolute atomic E-state index is 12.6. The summed E-state index contributed by atoms with van der Waals surface area (Å²) < 4.78 is 12.8. The van der Waals surface area contributed by atoms with Gasteiger partial charge in [-0.2, -0.15) is 7.11 Å². The molecule has 0 aliphatic carbocycles. The van der Waals surface area contributed by atoms with Crippen molar-refractivity contribution in [3.63, 3.8) is 0 Å². The van der Waals surface area contributed by atoms with Gasteiger partial charge in [0.2, 0.25) is 5.95 Å². The van der Waals surface area contributed by atoms with Gasteiger partial charge in [-0.15, -0.1) is 0 Å². The number of nitrogens with one attached hydrogen (secondary N) is 1. The second-order valence-corrected chi connectivity index (χ2v) is 10.5. The normalized spacial score (nSPS) is 23.3. The molecule has 2 aromatic heterocycles. The van der Waals surface area contributed by atoms with E-state index in [0.29, 0.717) is 11.9 Å². The number of aryl methyl sites for hydroxylation is 1. The topological polar surface area (TPSA) is 206 Å². The van der Waals surface area contributed by atoms with Gasteiger partial charge in [-0.3, -0.25) is 4.79 Å². The Morgan fingerprint density at radius 1 is 1.07 bits per heavy atom. The monoisotopic (exact) mass is 641 g/mol. The van der Waals surface area contributed by atoms with Gasteiger partial charge in [0.15, 0.2) is 12.1 Å². The van der Waals surface area contributed by atoms with E-state index in [-0.39, 0.29) is 35.1 Å². The molecule has 2 aliphatic rings. The Hall–Kier alpha value is -2.05. The molecule has 1 aromatic carbocycles. The third kappa shape index (κ3) is 9.97. The van der Waals surface area contributed by atoms with Crippen molar-refractivity contribution in [3.8, 4) is 0 Å². The molecule has 0 saturated carbocycles. The van der Waals surface area contributed by atoms with E-state index in [4.69, 9.17) is 19.7 Å². The van der Waals surface area contributed by atoms with Gasteiger partial charge in [-0.1, -0.05) is 18.2 Å². The van der Waals surface area contributed by atoms with Crippen molar-refractivity contribution in [1.82, 2.24) is 19.9 Å². The van der Waals surface area contributed by atoms with Crippen LogP contribution in [0.5, 0.6) is 0 Å². The second kappa shape index (κ2) is 19.6. The van der Waals surface area contributed by atoms with Crippen LogP contribution in [0.2, 0.25) is 0 Å². The predicted octanol–water partition coefficient (Wildman–Crippen LogP) is -4.44. The Morgan fingerprint density at radius 2 is 1.71 bits per heavy atom. The third-order valence-electron chi connectivity index (χ3n) is 7.81. The van der Waals surface area contributed by atoms with Gasteiger partial charge in [-0.25, -0.2) is 9.97 Å². The molecule has 0 spiro atoms. The molecule has 2 aliphatic heterocycles. The molecule has 14 nitrogen and oxygen atoms in total. The van der Waals surface area contributed by atoms with E-state index in [1.165, 1.54) is 28.9 Å². The number of nitrogens with zero attached hydrogens (tertiary/aromatic N) is 4. The fourth-order valence-corrected chi connectivity index (χ4v) is 5.39. The number of piperidine rings is 1. The number of carbonyl (C=O) groups excluding carboxylic acids is 1. The van der Waals surface area contributed by atoms with Gasteiger partial charge in [0.1, 0.15) is 31.0 Å². The summed E-state index contributed by atoms with van der Waals surface area (Å²) in [4.78, 5) is 23.4. The van der Waals surface area contributed by atoms with Crippen LogP contribution in [0.25, 0.3) is 10.9 Å². The standard InChI is InChI=1S/C28H37N5O7.CH4O.CH3O.Na/c1-32-14-19(20-4-2-3-5-21(20)32)11-29-10-17-6-8-33(9-7-17)28-30-12-18(13-31-28)22(35)16-39-27-26(38)25(37)24(36)23(15-34)40-27;2*1-2;/h2-5,12-14,17,23-27,29,34,36-38H,6-11,15-16H2,1H3;2H,1H3;1H3;/q;;-1;+1/t23-,24+,25+,26-,27-;;;/m1.../s1. The molecule has 4 heterocycles. The van der Waals surface area contributed by atoms with Crippen molar-refractivity contribution in [2.75, 3.05) is 52.0 Å². The van der Waals surface area contributed by atoms with Crippen molar-refractivity contribution in [1.29, 1.82) is 0 Å². The molecule has 5 rings (SSSR count). The van der Waals surface area contributed by atoms with E-state index in [2.05, 4.69) is 62.3 Å². The molecule has 15 heteroatoms. The van der Waals surface area contributed by atoms with Crippen LogP contribution in [-0.2, 0) is 23.1 Å². The van der Waals surface area contributed by atoms with E-state index in [0.717, 1.165) is 53.2 Å². The number of Topliss-reactive ketones (excluding diaryl/α,β-unsaturated/α-hetero) is 1. The molecule has 0 radical (unpaired) electrons. The van der Waals surface area contributed by atoms with Crippen LogP contribution in [0.15, 0.2) is 42.9 Å². The Morgan fingerprint density at radius 3 is 2.36 bits per heavy atom. The van der Waals surface area contributed by atoms with E-state index < -0.39 is 49.7 Å². The average molecular weight is 642 g/mol. The van der Waals surface area contributed by atoms with Gasteiger partial charge in [0.05, 0.1) is 12.2 Å².